The van der Waals surface area contributed by atoms with Gasteiger partial charge in [0.05, 0.1) is 0 Å². The van der Waals surface area contributed by atoms with Gasteiger partial charge in [0, 0.05) is 44.5 Å². The van der Waals surface area contributed by atoms with Gasteiger partial charge < -0.3 is 15.2 Å². The third-order valence-electron chi connectivity index (χ3n) is 4.53. The zero-order chi connectivity index (χ0) is 18.2. The number of carbonyl (C=O) groups excluding carboxylic acids is 2. The third-order valence-corrected chi connectivity index (χ3v) is 4.53. The average Bonchev–Trinajstić information content (AvgIpc) is 2.89. The topological polar surface area (TPSA) is 88.9 Å². The second-order valence-electron chi connectivity index (χ2n) is 6.47. The van der Waals surface area contributed by atoms with Gasteiger partial charge in [-0.25, -0.2) is 0 Å². The van der Waals surface area contributed by atoms with E-state index in [1.54, 1.807) is 12.1 Å². The van der Waals surface area contributed by atoms with Crippen molar-refractivity contribution < 1.29 is 9.59 Å². The molecule has 1 aromatic carbocycles. The summed E-state index contributed by atoms with van der Waals surface area (Å²) in [4.78, 5) is 23.8. The van der Waals surface area contributed by atoms with Gasteiger partial charge in [0.2, 0.25) is 5.91 Å². The molecule has 2 N–H and O–H groups in total. The van der Waals surface area contributed by atoms with Crippen molar-refractivity contribution in [2.75, 3.05) is 13.1 Å². The van der Waals surface area contributed by atoms with Crippen LogP contribution in [0.2, 0.25) is 0 Å². The first-order valence-corrected chi connectivity index (χ1v) is 9.25. The number of benzene rings is 1. The quantitative estimate of drug-likeness (QED) is 0.787. The summed E-state index contributed by atoms with van der Waals surface area (Å²) in [7, 11) is 0. The molecule has 0 spiro atoms. The van der Waals surface area contributed by atoms with Crippen LogP contribution in [0.4, 0.5) is 0 Å². The van der Waals surface area contributed by atoms with Crippen molar-refractivity contribution >= 4 is 11.8 Å². The number of nitrogens with zero attached hydrogens (tertiary/aromatic N) is 3. The minimum atomic E-state index is -0.162. The van der Waals surface area contributed by atoms with Crippen LogP contribution >= 0.6 is 0 Å². The summed E-state index contributed by atoms with van der Waals surface area (Å²) in [6, 6.07) is 8.98. The van der Waals surface area contributed by atoms with Gasteiger partial charge in [0.1, 0.15) is 11.6 Å². The number of fused-ring (bicyclic) bond motifs is 1. The van der Waals surface area contributed by atoms with Crippen LogP contribution in [0.1, 0.15) is 47.7 Å². The van der Waals surface area contributed by atoms with Gasteiger partial charge in [-0.1, -0.05) is 24.6 Å². The van der Waals surface area contributed by atoms with Crippen LogP contribution in [-0.4, -0.2) is 39.7 Å². The van der Waals surface area contributed by atoms with Gasteiger partial charge >= 0.3 is 0 Å². The van der Waals surface area contributed by atoms with Crippen molar-refractivity contribution in [3.8, 4) is 0 Å². The van der Waals surface area contributed by atoms with Gasteiger partial charge in [0.15, 0.2) is 0 Å². The number of hydrogen-bond donors (Lipinski definition) is 2. The highest BCUT2D eigenvalue weighted by Gasteiger charge is 2.14. The fourth-order valence-electron chi connectivity index (χ4n) is 3.11. The smallest absolute Gasteiger partial charge is 0.251 e. The van der Waals surface area contributed by atoms with Crippen LogP contribution in [-0.2, 0) is 24.2 Å². The lowest BCUT2D eigenvalue weighted by molar-refractivity contribution is -0.120. The molecule has 0 radical (unpaired) electrons. The molecule has 1 aliphatic rings. The van der Waals surface area contributed by atoms with E-state index >= 15 is 0 Å². The van der Waals surface area contributed by atoms with E-state index in [4.69, 9.17) is 0 Å². The lowest BCUT2D eigenvalue weighted by Crippen LogP contribution is -2.32. The molecule has 0 saturated carbocycles. The number of rotatable bonds is 7. The SMILES string of the molecule is O=C(CCNC(=O)c1ccccc1)NCCc1nnc2n1CCCCC2. The molecular weight excluding hydrogens is 330 g/mol. The maximum absolute atomic E-state index is 11.9. The molecule has 0 atom stereocenters. The minimum absolute atomic E-state index is 0.0750. The van der Waals surface area contributed by atoms with Gasteiger partial charge in [0.25, 0.3) is 5.91 Å². The molecule has 0 bridgehead atoms. The van der Waals surface area contributed by atoms with E-state index in [2.05, 4.69) is 25.4 Å². The van der Waals surface area contributed by atoms with E-state index in [0.29, 0.717) is 25.1 Å². The number of hydrogen-bond acceptors (Lipinski definition) is 4. The van der Waals surface area contributed by atoms with Crippen LogP contribution in [0.15, 0.2) is 30.3 Å². The van der Waals surface area contributed by atoms with Crippen LogP contribution in [0.25, 0.3) is 0 Å². The number of aryl methyl sites for hydroxylation is 1. The monoisotopic (exact) mass is 355 g/mol. The Morgan fingerprint density at radius 3 is 2.69 bits per heavy atom. The lowest BCUT2D eigenvalue weighted by atomic mass is 10.2. The summed E-state index contributed by atoms with van der Waals surface area (Å²) in [6.45, 7) is 1.82. The fourth-order valence-corrected chi connectivity index (χ4v) is 3.11. The Kier molecular flexibility index (Phi) is 6.35. The number of amides is 2. The molecule has 1 aromatic heterocycles. The van der Waals surface area contributed by atoms with E-state index in [1.807, 2.05) is 18.2 Å². The average molecular weight is 355 g/mol. The first kappa shape index (κ1) is 18.1. The van der Waals surface area contributed by atoms with Crippen molar-refractivity contribution in [3.63, 3.8) is 0 Å². The van der Waals surface area contributed by atoms with E-state index in [1.165, 1.54) is 12.8 Å². The Bertz CT molecular complexity index is 742. The highest BCUT2D eigenvalue weighted by molar-refractivity contribution is 5.94. The molecule has 2 amide bonds. The Morgan fingerprint density at radius 2 is 1.85 bits per heavy atom. The van der Waals surface area contributed by atoms with Crippen molar-refractivity contribution in [3.05, 3.63) is 47.5 Å². The Labute approximate surface area is 153 Å². The van der Waals surface area contributed by atoms with Gasteiger partial charge in [-0.15, -0.1) is 10.2 Å². The number of carbonyl (C=O) groups is 2. The van der Waals surface area contributed by atoms with Crippen LogP contribution in [0, 0.1) is 0 Å². The Balaban J connectivity index is 1.36. The molecule has 138 valence electrons. The van der Waals surface area contributed by atoms with Crippen molar-refractivity contribution in [1.82, 2.24) is 25.4 Å². The van der Waals surface area contributed by atoms with E-state index in [-0.39, 0.29) is 18.2 Å². The summed E-state index contributed by atoms with van der Waals surface area (Å²) >= 11 is 0. The van der Waals surface area contributed by atoms with E-state index in [0.717, 1.165) is 31.0 Å². The van der Waals surface area contributed by atoms with Gasteiger partial charge in [-0.2, -0.15) is 0 Å². The van der Waals surface area contributed by atoms with E-state index < -0.39 is 0 Å². The fraction of sp³-hybridized carbons (Fsp3) is 0.474. The maximum atomic E-state index is 11.9. The number of aromatic nitrogens is 3. The molecule has 2 aromatic rings. The molecule has 0 unspecified atom stereocenters. The molecule has 0 fully saturated rings. The van der Waals surface area contributed by atoms with Crippen molar-refractivity contribution in [2.24, 2.45) is 0 Å². The molecule has 7 nitrogen and oxygen atoms in total. The predicted octanol–water partition coefficient (Wildman–Crippen LogP) is 1.48. The second kappa shape index (κ2) is 9.12. The van der Waals surface area contributed by atoms with Crippen LogP contribution in [0.5, 0.6) is 0 Å². The second-order valence-corrected chi connectivity index (χ2v) is 6.47. The Hall–Kier alpha value is -2.70. The van der Waals surface area contributed by atoms with Crippen LogP contribution < -0.4 is 10.6 Å². The third kappa shape index (κ3) is 4.91. The first-order valence-electron chi connectivity index (χ1n) is 9.25. The molecular formula is C19H25N5O2. The minimum Gasteiger partial charge on any atom is -0.356 e. The summed E-state index contributed by atoms with van der Waals surface area (Å²) in [5, 5.41) is 14.2. The molecule has 0 aliphatic carbocycles. The summed E-state index contributed by atoms with van der Waals surface area (Å²) in [5.74, 6) is 1.77. The van der Waals surface area contributed by atoms with Gasteiger partial charge in [-0.3, -0.25) is 9.59 Å². The molecule has 3 rings (SSSR count). The first-order chi connectivity index (χ1) is 12.7. The summed E-state index contributed by atoms with van der Waals surface area (Å²) < 4.78 is 2.19. The molecule has 7 heteroatoms. The van der Waals surface area contributed by atoms with Crippen molar-refractivity contribution in [2.45, 2.75) is 45.1 Å². The zero-order valence-corrected chi connectivity index (χ0v) is 14.9. The lowest BCUT2D eigenvalue weighted by Gasteiger charge is -2.08. The standard InChI is InChI=1S/C19H25N5O2/c25-18(11-13-21-19(26)15-7-3-1-4-8-15)20-12-10-17-23-22-16-9-5-2-6-14-24(16)17/h1,3-4,7-8H,2,5-6,9-14H2,(H,20,25)(H,21,26). The normalized spacial score (nSPS) is 13.5. The highest BCUT2D eigenvalue weighted by atomic mass is 16.2. The van der Waals surface area contributed by atoms with Crippen LogP contribution in [0.3, 0.4) is 0 Å². The van der Waals surface area contributed by atoms with E-state index in [9.17, 15) is 9.59 Å². The predicted molar refractivity (Wildman–Crippen MR) is 97.7 cm³/mol. The zero-order valence-electron chi connectivity index (χ0n) is 14.9. The summed E-state index contributed by atoms with van der Waals surface area (Å²) in [5.41, 5.74) is 0.598. The largest absolute Gasteiger partial charge is 0.356 e. The molecule has 26 heavy (non-hydrogen) atoms. The maximum Gasteiger partial charge on any atom is 0.251 e. The summed E-state index contributed by atoms with van der Waals surface area (Å²) in [6.07, 6.45) is 5.48. The van der Waals surface area contributed by atoms with Crippen molar-refractivity contribution in [1.29, 1.82) is 0 Å². The van der Waals surface area contributed by atoms with Gasteiger partial charge in [-0.05, 0) is 25.0 Å². The molecule has 1 aliphatic heterocycles. The molecule has 2 heterocycles. The Morgan fingerprint density at radius 1 is 1.00 bits per heavy atom. The highest BCUT2D eigenvalue weighted by Crippen LogP contribution is 2.14. The molecule has 0 saturated heterocycles. The number of nitrogens with one attached hydrogen (secondary N) is 2.